The highest BCUT2D eigenvalue weighted by atomic mass is 35.5. The van der Waals surface area contributed by atoms with Crippen LogP contribution in [0.2, 0.25) is 0 Å². The van der Waals surface area contributed by atoms with Crippen molar-refractivity contribution >= 4 is 23.4 Å². The van der Waals surface area contributed by atoms with Crippen molar-refractivity contribution in [2.24, 2.45) is 11.7 Å². The third-order valence-electron chi connectivity index (χ3n) is 5.20. The van der Waals surface area contributed by atoms with E-state index in [1.807, 2.05) is 18.2 Å². The Bertz CT molecular complexity index is 850. The van der Waals surface area contributed by atoms with Crippen LogP contribution in [-0.2, 0) is 6.54 Å². The molecule has 2 aromatic carbocycles. The summed E-state index contributed by atoms with van der Waals surface area (Å²) in [6.45, 7) is 3.56. The summed E-state index contributed by atoms with van der Waals surface area (Å²) in [6.07, 6.45) is 0. The smallest absolute Gasteiger partial charge is 0.134 e. The van der Waals surface area contributed by atoms with Crippen LogP contribution in [0, 0.1) is 5.92 Å². The highest BCUT2D eigenvalue weighted by Crippen LogP contribution is 2.33. The fourth-order valence-electron chi connectivity index (χ4n) is 3.91. The van der Waals surface area contributed by atoms with Gasteiger partial charge in [-0.05, 0) is 42.3 Å². The van der Waals surface area contributed by atoms with Gasteiger partial charge in [-0.2, -0.15) is 0 Å². The summed E-state index contributed by atoms with van der Waals surface area (Å²) in [5.41, 5.74) is 8.34. The van der Waals surface area contributed by atoms with Crippen LogP contribution in [0.15, 0.2) is 59.0 Å². The van der Waals surface area contributed by atoms with Gasteiger partial charge in [0.05, 0.1) is 13.7 Å². The standard InChI is InChI=1S/C21H24N2O2.ClH/c1-24-18-7-8-21-16(9-18)10-19(25-21)13-23-12-17(11-22)20(14-23)15-5-3-2-4-6-15;/h2-10,17,20H,11-14,22H2,1H3;1H/t17-,20+;/m1./s1. The molecule has 5 heteroatoms. The lowest BCUT2D eigenvalue weighted by Gasteiger charge is -2.16. The number of ether oxygens (including phenoxy) is 1. The molecule has 0 spiro atoms. The summed E-state index contributed by atoms with van der Waals surface area (Å²) in [6, 6.07) is 18.7. The van der Waals surface area contributed by atoms with E-state index >= 15 is 0 Å². The van der Waals surface area contributed by atoms with Crippen LogP contribution < -0.4 is 10.5 Å². The van der Waals surface area contributed by atoms with Crippen molar-refractivity contribution in [1.29, 1.82) is 0 Å². The van der Waals surface area contributed by atoms with Crippen molar-refractivity contribution in [3.05, 3.63) is 65.9 Å². The van der Waals surface area contributed by atoms with Crippen LogP contribution in [0.4, 0.5) is 0 Å². The van der Waals surface area contributed by atoms with Gasteiger partial charge in [0.2, 0.25) is 0 Å². The van der Waals surface area contributed by atoms with E-state index in [1.165, 1.54) is 5.56 Å². The molecule has 0 aliphatic carbocycles. The average Bonchev–Trinajstić information content (AvgIpc) is 3.25. The predicted octanol–water partition coefficient (Wildman–Crippen LogP) is 4.04. The molecule has 2 heterocycles. The van der Waals surface area contributed by atoms with E-state index in [-0.39, 0.29) is 12.4 Å². The minimum atomic E-state index is 0. The van der Waals surface area contributed by atoms with Crippen LogP contribution >= 0.6 is 12.4 Å². The number of furan rings is 1. The van der Waals surface area contributed by atoms with Gasteiger partial charge in [0.25, 0.3) is 0 Å². The Kier molecular flexibility index (Phi) is 5.87. The number of methoxy groups -OCH3 is 1. The van der Waals surface area contributed by atoms with E-state index in [0.29, 0.717) is 18.4 Å². The molecule has 4 nitrogen and oxygen atoms in total. The highest BCUT2D eigenvalue weighted by molar-refractivity contribution is 5.85. The normalized spacial score (nSPS) is 20.2. The summed E-state index contributed by atoms with van der Waals surface area (Å²) in [5.74, 6) is 2.84. The zero-order valence-corrected chi connectivity index (χ0v) is 15.7. The van der Waals surface area contributed by atoms with E-state index in [2.05, 4.69) is 41.3 Å². The fourth-order valence-corrected chi connectivity index (χ4v) is 3.91. The molecular weight excluding hydrogens is 348 g/mol. The van der Waals surface area contributed by atoms with Gasteiger partial charge in [-0.1, -0.05) is 30.3 Å². The molecule has 1 aliphatic heterocycles. The number of nitrogens with zero attached hydrogens (tertiary/aromatic N) is 1. The molecule has 1 aliphatic rings. The van der Waals surface area contributed by atoms with Crippen molar-refractivity contribution in [2.75, 3.05) is 26.7 Å². The van der Waals surface area contributed by atoms with Gasteiger partial charge in [-0.25, -0.2) is 0 Å². The molecule has 1 saturated heterocycles. The molecule has 3 aromatic rings. The van der Waals surface area contributed by atoms with Crippen molar-refractivity contribution in [3.63, 3.8) is 0 Å². The summed E-state index contributed by atoms with van der Waals surface area (Å²) >= 11 is 0. The SMILES string of the molecule is COc1ccc2oc(CN3C[C@@H](CN)[C@H](c4ccccc4)C3)cc2c1.Cl. The summed E-state index contributed by atoms with van der Waals surface area (Å²) in [5, 5.41) is 1.09. The van der Waals surface area contributed by atoms with Crippen LogP contribution in [0.3, 0.4) is 0 Å². The fraction of sp³-hybridized carbons (Fsp3) is 0.333. The number of benzene rings is 2. The van der Waals surface area contributed by atoms with E-state index in [1.54, 1.807) is 7.11 Å². The van der Waals surface area contributed by atoms with E-state index in [4.69, 9.17) is 14.9 Å². The Morgan fingerprint density at radius 2 is 1.92 bits per heavy atom. The van der Waals surface area contributed by atoms with E-state index in [9.17, 15) is 0 Å². The summed E-state index contributed by atoms with van der Waals surface area (Å²) < 4.78 is 11.3. The van der Waals surface area contributed by atoms with E-state index in [0.717, 1.165) is 42.1 Å². The maximum atomic E-state index is 6.05. The monoisotopic (exact) mass is 372 g/mol. The van der Waals surface area contributed by atoms with Gasteiger partial charge in [0.15, 0.2) is 0 Å². The van der Waals surface area contributed by atoms with Gasteiger partial charge < -0.3 is 14.9 Å². The van der Waals surface area contributed by atoms with Gasteiger partial charge in [-0.15, -0.1) is 12.4 Å². The Hall–Kier alpha value is -2.01. The Morgan fingerprint density at radius 1 is 1.12 bits per heavy atom. The molecule has 0 unspecified atom stereocenters. The maximum absolute atomic E-state index is 6.05. The molecule has 138 valence electrons. The number of fused-ring (bicyclic) bond motifs is 1. The van der Waals surface area contributed by atoms with Crippen LogP contribution in [0.1, 0.15) is 17.2 Å². The molecule has 0 saturated carbocycles. The third kappa shape index (κ3) is 3.73. The number of rotatable bonds is 5. The Morgan fingerprint density at radius 3 is 2.65 bits per heavy atom. The lowest BCUT2D eigenvalue weighted by molar-refractivity contribution is 0.290. The molecule has 4 rings (SSSR count). The van der Waals surface area contributed by atoms with Gasteiger partial charge in [0, 0.05) is 24.4 Å². The lowest BCUT2D eigenvalue weighted by atomic mass is 9.89. The first kappa shape index (κ1) is 18.8. The van der Waals surface area contributed by atoms with Crippen molar-refractivity contribution in [1.82, 2.24) is 4.90 Å². The highest BCUT2D eigenvalue weighted by Gasteiger charge is 2.33. The Labute approximate surface area is 160 Å². The molecule has 0 bridgehead atoms. The number of hydrogen-bond donors (Lipinski definition) is 1. The quantitative estimate of drug-likeness (QED) is 0.734. The summed E-state index contributed by atoms with van der Waals surface area (Å²) in [4.78, 5) is 2.45. The average molecular weight is 373 g/mol. The minimum absolute atomic E-state index is 0. The first-order valence-electron chi connectivity index (χ1n) is 8.80. The van der Waals surface area contributed by atoms with Crippen molar-refractivity contribution < 1.29 is 9.15 Å². The molecule has 1 aromatic heterocycles. The van der Waals surface area contributed by atoms with Crippen molar-refractivity contribution in [3.8, 4) is 5.75 Å². The molecule has 1 fully saturated rings. The van der Waals surface area contributed by atoms with Crippen LogP contribution in [-0.4, -0.2) is 31.6 Å². The van der Waals surface area contributed by atoms with Crippen LogP contribution in [0.5, 0.6) is 5.75 Å². The molecule has 0 radical (unpaired) electrons. The van der Waals surface area contributed by atoms with Gasteiger partial charge in [0.1, 0.15) is 17.1 Å². The molecule has 0 amide bonds. The maximum Gasteiger partial charge on any atom is 0.134 e. The molecular formula is C21H25ClN2O2. The Balaban J connectivity index is 0.00000196. The first-order chi connectivity index (χ1) is 12.3. The second kappa shape index (κ2) is 8.12. The number of halogens is 1. The number of likely N-dealkylation sites (tertiary alicyclic amines) is 1. The summed E-state index contributed by atoms with van der Waals surface area (Å²) in [7, 11) is 1.68. The van der Waals surface area contributed by atoms with E-state index < -0.39 is 0 Å². The second-order valence-corrected chi connectivity index (χ2v) is 6.82. The molecule has 2 N–H and O–H groups in total. The zero-order valence-electron chi connectivity index (χ0n) is 14.9. The zero-order chi connectivity index (χ0) is 17.2. The predicted molar refractivity (Wildman–Crippen MR) is 107 cm³/mol. The largest absolute Gasteiger partial charge is 0.497 e. The number of hydrogen-bond acceptors (Lipinski definition) is 4. The second-order valence-electron chi connectivity index (χ2n) is 6.82. The van der Waals surface area contributed by atoms with Crippen LogP contribution in [0.25, 0.3) is 11.0 Å². The van der Waals surface area contributed by atoms with Crippen molar-refractivity contribution in [2.45, 2.75) is 12.5 Å². The third-order valence-corrected chi connectivity index (χ3v) is 5.20. The molecule has 2 atom stereocenters. The van der Waals surface area contributed by atoms with Gasteiger partial charge >= 0.3 is 0 Å². The topological polar surface area (TPSA) is 51.6 Å². The number of nitrogens with two attached hydrogens (primary N) is 1. The minimum Gasteiger partial charge on any atom is -0.497 e. The molecule has 26 heavy (non-hydrogen) atoms. The van der Waals surface area contributed by atoms with Gasteiger partial charge in [-0.3, -0.25) is 4.90 Å². The first-order valence-corrected chi connectivity index (χ1v) is 8.80. The lowest BCUT2D eigenvalue weighted by Crippen LogP contribution is -2.23.